The largest absolute Gasteiger partial charge is 0.512 e. The fourth-order valence-electron chi connectivity index (χ4n) is 0.676. The molecule has 0 aromatic carbocycles. The van der Waals surface area contributed by atoms with Crippen molar-refractivity contribution in [3.63, 3.8) is 0 Å². The number of allylic oxidation sites excluding steroid dienone is 1. The zero-order valence-corrected chi connectivity index (χ0v) is 6.29. The van der Waals surface area contributed by atoms with Crippen molar-refractivity contribution in [2.45, 2.75) is 6.92 Å². The first-order valence-electron chi connectivity index (χ1n) is 3.16. The van der Waals surface area contributed by atoms with E-state index in [1.54, 1.807) is 0 Å². The van der Waals surface area contributed by atoms with Crippen molar-refractivity contribution in [3.8, 4) is 0 Å². The maximum absolute atomic E-state index is 10.6. The fraction of sp³-hybridized carbons (Fsp3) is 0.167. The Kier molecular flexibility index (Phi) is 2.09. The molecular weight excluding hydrogens is 162 g/mol. The summed E-state index contributed by atoms with van der Waals surface area (Å²) in [6.07, 6.45) is 1.18. The Hall–Kier alpha value is -1.85. The van der Waals surface area contributed by atoms with Crippen molar-refractivity contribution >= 4 is 6.08 Å². The SMILES string of the molecule is C/C(O)=C/c1nc(=O)[nH]c(=O)[nH]1. The molecule has 0 saturated carbocycles. The summed E-state index contributed by atoms with van der Waals surface area (Å²) in [4.78, 5) is 28.7. The Morgan fingerprint density at radius 2 is 2.17 bits per heavy atom. The fourth-order valence-corrected chi connectivity index (χ4v) is 0.676. The molecule has 0 aliphatic rings. The summed E-state index contributed by atoms with van der Waals surface area (Å²) in [6.45, 7) is 1.40. The molecule has 6 nitrogen and oxygen atoms in total. The molecule has 0 atom stereocenters. The minimum atomic E-state index is -0.744. The van der Waals surface area contributed by atoms with E-state index >= 15 is 0 Å². The predicted octanol–water partition coefficient (Wildman–Crippen LogP) is -0.623. The third kappa shape index (κ3) is 2.08. The summed E-state index contributed by atoms with van der Waals surface area (Å²) in [7, 11) is 0. The van der Waals surface area contributed by atoms with Crippen LogP contribution in [0.25, 0.3) is 6.08 Å². The van der Waals surface area contributed by atoms with E-state index in [2.05, 4.69) is 9.97 Å². The van der Waals surface area contributed by atoms with Crippen molar-refractivity contribution in [3.05, 3.63) is 32.6 Å². The highest BCUT2D eigenvalue weighted by Gasteiger charge is 1.94. The molecule has 1 aromatic rings. The highest BCUT2D eigenvalue weighted by atomic mass is 16.3. The van der Waals surface area contributed by atoms with Gasteiger partial charge in [-0.15, -0.1) is 0 Å². The quantitative estimate of drug-likeness (QED) is 0.487. The Balaban J connectivity index is 3.28. The van der Waals surface area contributed by atoms with Gasteiger partial charge in [-0.2, -0.15) is 4.98 Å². The monoisotopic (exact) mass is 169 g/mol. The van der Waals surface area contributed by atoms with Gasteiger partial charge in [0.1, 0.15) is 5.82 Å². The number of nitrogens with one attached hydrogen (secondary N) is 2. The number of aromatic amines is 2. The van der Waals surface area contributed by atoms with Crippen LogP contribution < -0.4 is 11.4 Å². The normalized spacial score (nSPS) is 11.6. The van der Waals surface area contributed by atoms with Crippen LogP contribution in [-0.2, 0) is 0 Å². The van der Waals surface area contributed by atoms with E-state index in [9.17, 15) is 9.59 Å². The van der Waals surface area contributed by atoms with Crippen LogP contribution in [0.5, 0.6) is 0 Å². The van der Waals surface area contributed by atoms with Gasteiger partial charge in [-0.05, 0) is 6.92 Å². The van der Waals surface area contributed by atoms with E-state index < -0.39 is 11.4 Å². The lowest BCUT2D eigenvalue weighted by atomic mass is 10.4. The molecule has 3 N–H and O–H groups in total. The lowest BCUT2D eigenvalue weighted by Crippen LogP contribution is -2.25. The molecule has 1 heterocycles. The van der Waals surface area contributed by atoms with Gasteiger partial charge in [0.15, 0.2) is 0 Å². The molecule has 0 radical (unpaired) electrons. The summed E-state index contributed by atoms with van der Waals surface area (Å²) in [6, 6.07) is 0. The zero-order valence-electron chi connectivity index (χ0n) is 6.29. The molecule has 0 amide bonds. The number of hydrogen-bond donors (Lipinski definition) is 3. The van der Waals surface area contributed by atoms with Gasteiger partial charge in [0.05, 0.1) is 5.76 Å². The average molecular weight is 169 g/mol. The summed E-state index contributed by atoms with van der Waals surface area (Å²) in [5.74, 6) is -0.00694. The Labute approximate surface area is 66.6 Å². The molecule has 0 fully saturated rings. The van der Waals surface area contributed by atoms with Gasteiger partial charge >= 0.3 is 11.4 Å². The van der Waals surface area contributed by atoms with Crippen molar-refractivity contribution in [2.75, 3.05) is 0 Å². The average Bonchev–Trinajstić information content (AvgIpc) is 1.81. The second-order valence-electron chi connectivity index (χ2n) is 2.17. The number of hydrogen-bond acceptors (Lipinski definition) is 4. The van der Waals surface area contributed by atoms with Crippen molar-refractivity contribution in [1.82, 2.24) is 15.0 Å². The molecule has 12 heavy (non-hydrogen) atoms. The van der Waals surface area contributed by atoms with Crippen LogP contribution in [-0.4, -0.2) is 20.1 Å². The molecule has 0 saturated heterocycles. The summed E-state index contributed by atoms with van der Waals surface area (Å²) in [5.41, 5.74) is -1.39. The summed E-state index contributed by atoms with van der Waals surface area (Å²) < 4.78 is 0. The number of aromatic nitrogens is 3. The van der Waals surface area contributed by atoms with Gasteiger partial charge in [0.25, 0.3) is 0 Å². The number of nitrogens with zero attached hydrogens (tertiary/aromatic N) is 1. The third-order valence-electron chi connectivity index (χ3n) is 1.03. The van der Waals surface area contributed by atoms with Crippen LogP contribution >= 0.6 is 0 Å². The first-order valence-corrected chi connectivity index (χ1v) is 3.16. The minimum Gasteiger partial charge on any atom is -0.512 e. The second-order valence-corrected chi connectivity index (χ2v) is 2.17. The van der Waals surface area contributed by atoms with E-state index in [1.807, 2.05) is 4.98 Å². The first-order chi connectivity index (χ1) is 5.58. The molecule has 0 aliphatic heterocycles. The zero-order chi connectivity index (χ0) is 9.14. The number of rotatable bonds is 1. The molecule has 0 spiro atoms. The molecule has 6 heteroatoms. The van der Waals surface area contributed by atoms with Gasteiger partial charge in [0.2, 0.25) is 0 Å². The predicted molar refractivity (Wildman–Crippen MR) is 41.8 cm³/mol. The molecule has 0 unspecified atom stereocenters. The van der Waals surface area contributed by atoms with Gasteiger partial charge in [-0.3, -0.25) is 9.97 Å². The van der Waals surface area contributed by atoms with Crippen LogP contribution in [0.1, 0.15) is 12.7 Å². The highest BCUT2D eigenvalue weighted by Crippen LogP contribution is 1.91. The summed E-state index contributed by atoms with van der Waals surface area (Å²) in [5, 5.41) is 8.77. The minimum absolute atomic E-state index is 0.0313. The van der Waals surface area contributed by atoms with Crippen LogP contribution in [0.4, 0.5) is 0 Å². The van der Waals surface area contributed by atoms with Crippen LogP contribution in [0.2, 0.25) is 0 Å². The van der Waals surface area contributed by atoms with E-state index in [1.165, 1.54) is 13.0 Å². The van der Waals surface area contributed by atoms with Crippen LogP contribution in [0, 0.1) is 0 Å². The first kappa shape index (κ1) is 8.25. The van der Waals surface area contributed by atoms with E-state index in [-0.39, 0.29) is 11.6 Å². The Morgan fingerprint density at radius 3 is 2.67 bits per heavy atom. The molecule has 1 rings (SSSR count). The maximum Gasteiger partial charge on any atom is 0.350 e. The third-order valence-corrected chi connectivity index (χ3v) is 1.03. The molecule has 0 aliphatic carbocycles. The van der Waals surface area contributed by atoms with E-state index in [0.29, 0.717) is 0 Å². The Morgan fingerprint density at radius 1 is 1.50 bits per heavy atom. The lowest BCUT2D eigenvalue weighted by Gasteiger charge is -1.90. The number of H-pyrrole nitrogens is 2. The summed E-state index contributed by atoms with van der Waals surface area (Å²) >= 11 is 0. The van der Waals surface area contributed by atoms with Gasteiger partial charge in [0, 0.05) is 6.08 Å². The van der Waals surface area contributed by atoms with Crippen molar-refractivity contribution in [2.24, 2.45) is 0 Å². The van der Waals surface area contributed by atoms with Gasteiger partial charge < -0.3 is 5.11 Å². The van der Waals surface area contributed by atoms with Gasteiger partial charge in [-0.25, -0.2) is 9.59 Å². The lowest BCUT2D eigenvalue weighted by molar-refractivity contribution is 0.419. The van der Waals surface area contributed by atoms with Crippen LogP contribution in [0.15, 0.2) is 15.3 Å². The maximum atomic E-state index is 10.6. The van der Waals surface area contributed by atoms with E-state index in [0.717, 1.165) is 0 Å². The topological polar surface area (TPSA) is 98.8 Å². The standard InChI is InChI=1S/C6H7N3O3/c1-3(10)2-4-7-5(11)9-6(12)8-4/h2,10H,1H3,(H2,7,8,9,11,12)/b3-2-. The molecule has 64 valence electrons. The smallest absolute Gasteiger partial charge is 0.350 e. The number of aliphatic hydroxyl groups is 1. The molecular formula is C6H7N3O3. The number of aliphatic hydroxyl groups excluding tert-OH is 1. The van der Waals surface area contributed by atoms with Crippen LogP contribution in [0.3, 0.4) is 0 Å². The molecule has 0 bridgehead atoms. The second kappa shape index (κ2) is 3.04. The van der Waals surface area contributed by atoms with Crippen molar-refractivity contribution in [1.29, 1.82) is 0 Å². The van der Waals surface area contributed by atoms with E-state index in [4.69, 9.17) is 5.11 Å². The highest BCUT2D eigenvalue weighted by molar-refractivity contribution is 5.40. The van der Waals surface area contributed by atoms with Crippen molar-refractivity contribution < 1.29 is 5.11 Å². The Bertz CT molecular complexity index is 382. The molecule has 1 aromatic heterocycles. The van der Waals surface area contributed by atoms with Gasteiger partial charge in [-0.1, -0.05) is 0 Å².